The van der Waals surface area contributed by atoms with Crippen LogP contribution in [0.4, 0.5) is 4.39 Å². The van der Waals surface area contributed by atoms with Gasteiger partial charge in [0.05, 0.1) is 12.5 Å². The molecular weight excluding hydrogens is 233 g/mol. The molecule has 0 aromatic heterocycles. The van der Waals surface area contributed by atoms with Gasteiger partial charge >= 0.3 is 5.97 Å². The van der Waals surface area contributed by atoms with Gasteiger partial charge in [0.25, 0.3) is 0 Å². The van der Waals surface area contributed by atoms with Crippen LogP contribution in [-0.2, 0) is 9.53 Å². The van der Waals surface area contributed by atoms with Crippen molar-refractivity contribution in [1.82, 2.24) is 4.90 Å². The summed E-state index contributed by atoms with van der Waals surface area (Å²) in [6.07, 6.45) is 0. The van der Waals surface area contributed by atoms with E-state index in [0.717, 1.165) is 12.1 Å². The van der Waals surface area contributed by atoms with Crippen molar-refractivity contribution in [3.63, 3.8) is 0 Å². The van der Waals surface area contributed by atoms with Crippen LogP contribution < -0.4 is 0 Å². The maximum absolute atomic E-state index is 13.3. The van der Waals surface area contributed by atoms with Crippen molar-refractivity contribution in [2.24, 2.45) is 5.92 Å². The van der Waals surface area contributed by atoms with E-state index in [-0.39, 0.29) is 23.6 Å². The minimum atomic E-state index is -0.260. The highest BCUT2D eigenvalue weighted by Gasteiger charge is 2.37. The number of esters is 1. The summed E-state index contributed by atoms with van der Waals surface area (Å²) >= 11 is 0. The van der Waals surface area contributed by atoms with Gasteiger partial charge < -0.3 is 9.64 Å². The molecule has 0 aliphatic carbocycles. The molecule has 0 radical (unpaired) electrons. The van der Waals surface area contributed by atoms with E-state index in [1.54, 1.807) is 13.0 Å². The maximum atomic E-state index is 13.3. The van der Waals surface area contributed by atoms with Gasteiger partial charge in [0.2, 0.25) is 0 Å². The first kappa shape index (κ1) is 13.0. The van der Waals surface area contributed by atoms with Gasteiger partial charge in [-0.2, -0.15) is 0 Å². The summed E-state index contributed by atoms with van der Waals surface area (Å²) in [5.74, 6) is -0.623. The normalized spacial score (nSPS) is 24.2. The van der Waals surface area contributed by atoms with Crippen LogP contribution in [0.1, 0.15) is 18.4 Å². The number of carbonyl (C=O) groups is 1. The topological polar surface area (TPSA) is 29.5 Å². The highest BCUT2D eigenvalue weighted by Crippen LogP contribution is 2.33. The van der Waals surface area contributed by atoms with Gasteiger partial charge in [-0.3, -0.25) is 4.79 Å². The predicted molar refractivity (Wildman–Crippen MR) is 66.8 cm³/mol. The van der Waals surface area contributed by atoms with Gasteiger partial charge in [-0.1, -0.05) is 12.1 Å². The zero-order valence-electron chi connectivity index (χ0n) is 10.7. The second-order valence-corrected chi connectivity index (χ2v) is 4.74. The van der Waals surface area contributed by atoms with Crippen LogP contribution in [0.15, 0.2) is 24.3 Å². The number of halogens is 1. The Morgan fingerprint density at radius 2 is 2.28 bits per heavy atom. The number of hydrogen-bond acceptors (Lipinski definition) is 3. The van der Waals surface area contributed by atoms with Crippen LogP contribution in [0.3, 0.4) is 0 Å². The van der Waals surface area contributed by atoms with E-state index in [1.807, 2.05) is 13.1 Å². The lowest BCUT2D eigenvalue weighted by atomic mass is 9.89. The lowest BCUT2D eigenvalue weighted by Crippen LogP contribution is -2.24. The molecule has 18 heavy (non-hydrogen) atoms. The Morgan fingerprint density at radius 1 is 1.50 bits per heavy atom. The largest absolute Gasteiger partial charge is 0.466 e. The standard InChI is InChI=1S/C14H18FNO2/c1-3-18-14(17)13-9-16(2)8-12(13)10-5-4-6-11(15)7-10/h4-7,12-13H,3,8-9H2,1-2H3. The summed E-state index contributed by atoms with van der Waals surface area (Å²) in [6, 6.07) is 6.49. The molecule has 0 amide bonds. The summed E-state index contributed by atoms with van der Waals surface area (Å²) in [5.41, 5.74) is 0.873. The number of rotatable bonds is 3. The van der Waals surface area contributed by atoms with E-state index in [0.29, 0.717) is 13.2 Å². The molecule has 1 saturated heterocycles. The van der Waals surface area contributed by atoms with E-state index in [4.69, 9.17) is 4.74 Å². The van der Waals surface area contributed by atoms with Crippen LogP contribution in [0, 0.1) is 11.7 Å². The number of carbonyl (C=O) groups excluding carboxylic acids is 1. The molecule has 0 saturated carbocycles. The van der Waals surface area contributed by atoms with Crippen LogP contribution in [0.2, 0.25) is 0 Å². The summed E-state index contributed by atoms with van der Waals surface area (Å²) in [4.78, 5) is 14.0. The molecule has 2 atom stereocenters. The van der Waals surface area contributed by atoms with Gasteiger partial charge in [0, 0.05) is 19.0 Å². The van der Waals surface area contributed by atoms with Crippen molar-refractivity contribution < 1.29 is 13.9 Å². The third-order valence-electron chi connectivity index (χ3n) is 3.37. The van der Waals surface area contributed by atoms with Gasteiger partial charge in [0.1, 0.15) is 5.82 Å². The molecule has 2 rings (SSSR count). The van der Waals surface area contributed by atoms with Crippen molar-refractivity contribution in [2.75, 3.05) is 26.7 Å². The minimum absolute atomic E-state index is 0.0183. The summed E-state index contributed by atoms with van der Waals surface area (Å²) in [7, 11) is 1.96. The van der Waals surface area contributed by atoms with Crippen LogP contribution in [0.5, 0.6) is 0 Å². The SMILES string of the molecule is CCOC(=O)C1CN(C)CC1c1cccc(F)c1. The van der Waals surface area contributed by atoms with Crippen LogP contribution in [-0.4, -0.2) is 37.6 Å². The Bertz CT molecular complexity index is 436. The lowest BCUT2D eigenvalue weighted by Gasteiger charge is -2.17. The quantitative estimate of drug-likeness (QED) is 0.770. The van der Waals surface area contributed by atoms with E-state index >= 15 is 0 Å². The van der Waals surface area contributed by atoms with Gasteiger partial charge in [-0.25, -0.2) is 4.39 Å². The number of ether oxygens (including phenoxy) is 1. The Morgan fingerprint density at radius 3 is 2.94 bits per heavy atom. The van der Waals surface area contributed by atoms with Crippen molar-refractivity contribution in [2.45, 2.75) is 12.8 Å². The lowest BCUT2D eigenvalue weighted by molar-refractivity contribution is -0.147. The number of hydrogen-bond donors (Lipinski definition) is 0. The third kappa shape index (κ3) is 2.70. The second kappa shape index (κ2) is 5.48. The van der Waals surface area contributed by atoms with Crippen LogP contribution >= 0.6 is 0 Å². The first-order chi connectivity index (χ1) is 8.61. The van der Waals surface area contributed by atoms with Crippen LogP contribution in [0.25, 0.3) is 0 Å². The first-order valence-corrected chi connectivity index (χ1v) is 6.22. The zero-order chi connectivity index (χ0) is 13.1. The average Bonchev–Trinajstić information content (AvgIpc) is 2.72. The van der Waals surface area contributed by atoms with Crippen molar-refractivity contribution in [3.05, 3.63) is 35.6 Å². The van der Waals surface area contributed by atoms with Gasteiger partial charge in [-0.05, 0) is 31.7 Å². The Balaban J connectivity index is 2.21. The number of likely N-dealkylation sites (tertiary alicyclic amines) is 1. The predicted octanol–water partition coefficient (Wildman–Crippen LogP) is 2.03. The summed E-state index contributed by atoms with van der Waals surface area (Å²) in [6.45, 7) is 3.61. The molecule has 1 aliphatic heterocycles. The molecule has 1 fully saturated rings. The molecule has 1 aromatic rings. The average molecular weight is 251 g/mol. The fourth-order valence-electron chi connectivity index (χ4n) is 2.56. The molecule has 2 unspecified atom stereocenters. The summed E-state index contributed by atoms with van der Waals surface area (Å²) < 4.78 is 18.4. The minimum Gasteiger partial charge on any atom is -0.466 e. The zero-order valence-corrected chi connectivity index (χ0v) is 10.7. The van der Waals surface area contributed by atoms with Gasteiger partial charge in [0.15, 0.2) is 0 Å². The highest BCUT2D eigenvalue weighted by atomic mass is 19.1. The molecule has 0 spiro atoms. The maximum Gasteiger partial charge on any atom is 0.310 e. The third-order valence-corrected chi connectivity index (χ3v) is 3.37. The van der Waals surface area contributed by atoms with E-state index < -0.39 is 0 Å². The van der Waals surface area contributed by atoms with E-state index in [2.05, 4.69) is 4.90 Å². The van der Waals surface area contributed by atoms with Crippen molar-refractivity contribution in [1.29, 1.82) is 0 Å². The van der Waals surface area contributed by atoms with Crippen molar-refractivity contribution in [3.8, 4) is 0 Å². The highest BCUT2D eigenvalue weighted by molar-refractivity contribution is 5.74. The van der Waals surface area contributed by atoms with Gasteiger partial charge in [-0.15, -0.1) is 0 Å². The number of benzene rings is 1. The molecule has 0 bridgehead atoms. The van der Waals surface area contributed by atoms with E-state index in [1.165, 1.54) is 12.1 Å². The monoisotopic (exact) mass is 251 g/mol. The van der Waals surface area contributed by atoms with E-state index in [9.17, 15) is 9.18 Å². The molecule has 0 N–H and O–H groups in total. The number of likely N-dealkylation sites (N-methyl/N-ethyl adjacent to an activating group) is 1. The fourth-order valence-corrected chi connectivity index (χ4v) is 2.56. The molecular formula is C14H18FNO2. The first-order valence-electron chi connectivity index (χ1n) is 6.22. The number of nitrogens with zero attached hydrogens (tertiary/aromatic N) is 1. The van der Waals surface area contributed by atoms with Crippen molar-refractivity contribution >= 4 is 5.97 Å². The molecule has 4 heteroatoms. The summed E-state index contributed by atoms with van der Waals surface area (Å²) in [5, 5.41) is 0. The molecule has 1 aromatic carbocycles. The molecule has 98 valence electrons. The Labute approximate surface area is 107 Å². The Kier molecular flexibility index (Phi) is 3.97. The second-order valence-electron chi connectivity index (χ2n) is 4.74. The smallest absolute Gasteiger partial charge is 0.310 e. The molecule has 1 heterocycles. The molecule has 3 nitrogen and oxygen atoms in total. The Hall–Kier alpha value is -1.42. The molecule has 1 aliphatic rings. The fraction of sp³-hybridized carbons (Fsp3) is 0.500.